The molecular weight excluding hydrogens is 406 g/mol. The van der Waals surface area contributed by atoms with Gasteiger partial charge in [0, 0.05) is 18.8 Å². The first kappa shape index (κ1) is 14.3. The Balaban J connectivity index is 0.00000289. The van der Waals surface area contributed by atoms with Crippen molar-refractivity contribution in [2.45, 2.75) is 24.5 Å². The maximum absolute atomic E-state index is 13.5. The summed E-state index contributed by atoms with van der Waals surface area (Å²) in [6.07, 6.45) is 1.46. The van der Waals surface area contributed by atoms with Gasteiger partial charge in [-0.15, -0.1) is 0 Å². The van der Waals surface area contributed by atoms with E-state index in [9.17, 15) is 9.90 Å². The Bertz CT molecular complexity index is 1000. The van der Waals surface area contributed by atoms with E-state index in [0.29, 0.717) is 6.54 Å². The van der Waals surface area contributed by atoms with Gasteiger partial charge in [-0.3, -0.25) is 0 Å². The second-order valence-corrected chi connectivity index (χ2v) is 7.61. The van der Waals surface area contributed by atoms with Crippen LogP contribution in [0.5, 0.6) is 0 Å². The fourth-order valence-corrected chi connectivity index (χ4v) is 4.18. The highest BCUT2D eigenvalue weighted by Gasteiger charge is 2.49. The average molecular weight is 437 g/mol. The number of likely N-dealkylation sites (N-methyl/N-ethyl adjacent to an activating group) is 1. The zero-order valence-electron chi connectivity index (χ0n) is 20.2. The third kappa shape index (κ3) is 3.68. The van der Waals surface area contributed by atoms with Crippen LogP contribution in [0.3, 0.4) is 0 Å². The van der Waals surface area contributed by atoms with Crippen LogP contribution in [0.1, 0.15) is 30.8 Å². The third-order valence-corrected chi connectivity index (χ3v) is 5.83. The highest BCUT2D eigenvalue weighted by molar-refractivity contribution is 5.85. The molecule has 4 nitrogen and oxygen atoms in total. The first-order valence-electron chi connectivity index (χ1n) is 11.5. The van der Waals surface area contributed by atoms with Crippen LogP contribution in [-0.2, 0) is 15.1 Å². The van der Waals surface area contributed by atoms with Crippen molar-refractivity contribution in [1.82, 2.24) is 0 Å². The predicted molar refractivity (Wildman–Crippen MR) is 99.3 cm³/mol. The van der Waals surface area contributed by atoms with Crippen molar-refractivity contribution in [2.75, 3.05) is 26.7 Å². The Hall–Kier alpha value is -1.69. The molecule has 2 bridgehead atoms. The van der Waals surface area contributed by atoms with E-state index in [4.69, 9.17) is 11.6 Å². The molecule has 2 aromatic carbocycles. The maximum atomic E-state index is 13.5. The van der Waals surface area contributed by atoms with Crippen molar-refractivity contribution in [3.05, 3.63) is 71.7 Å². The third-order valence-electron chi connectivity index (χ3n) is 5.83. The molecule has 3 heterocycles. The zero-order chi connectivity index (χ0) is 22.6. The molecule has 0 amide bonds. The molecule has 0 radical (unpaired) electrons. The molecule has 0 saturated carbocycles. The van der Waals surface area contributed by atoms with E-state index in [1.165, 1.54) is 12.1 Å². The molecule has 3 aliphatic heterocycles. The molecule has 144 valence electrons. The fourth-order valence-electron chi connectivity index (χ4n) is 4.18. The molecule has 0 aromatic heterocycles. The molecule has 1 N–H and O–H groups in total. The topological polar surface area (TPSA) is 46.5 Å². The summed E-state index contributed by atoms with van der Waals surface area (Å²) in [7, 11) is 2.12. The number of esters is 1. The van der Waals surface area contributed by atoms with Crippen LogP contribution < -0.4 is 17.0 Å². The van der Waals surface area contributed by atoms with E-state index < -0.39 is 47.3 Å². The Morgan fingerprint density at radius 2 is 1.78 bits per heavy atom. The lowest BCUT2D eigenvalue weighted by Gasteiger charge is -2.50. The number of fused-ring (bicyclic) bond motifs is 3. The van der Waals surface area contributed by atoms with Crippen molar-refractivity contribution >= 4 is 5.97 Å². The highest BCUT2D eigenvalue weighted by atomic mass is 79.9. The first-order chi connectivity index (χ1) is 14.6. The number of carbonyl (C=O) groups is 1. The highest BCUT2D eigenvalue weighted by Crippen LogP contribution is 2.37. The number of hydrogen-bond donors (Lipinski definition) is 1. The minimum Gasteiger partial charge on any atom is -1.00 e. The number of piperidine rings is 3. The fraction of sp³-hybridized carbons (Fsp3) is 0.409. The molecule has 0 aliphatic carbocycles. The lowest BCUT2D eigenvalue weighted by molar-refractivity contribution is -0.928. The van der Waals surface area contributed by atoms with E-state index in [-0.39, 0.29) is 34.6 Å². The minimum absolute atomic E-state index is 0. The zero-order valence-corrected chi connectivity index (χ0v) is 16.8. The lowest BCUT2D eigenvalue weighted by atomic mass is 9.83. The van der Waals surface area contributed by atoms with Crippen LogP contribution in [-0.4, -0.2) is 48.3 Å². The Morgan fingerprint density at radius 1 is 1.15 bits per heavy atom. The lowest BCUT2D eigenvalue weighted by Crippen LogP contribution is -3.00. The number of benzene rings is 2. The van der Waals surface area contributed by atoms with E-state index in [1.807, 2.05) is 0 Å². The second kappa shape index (κ2) is 7.74. The summed E-state index contributed by atoms with van der Waals surface area (Å²) < 4.78 is 47.1. The second-order valence-electron chi connectivity index (χ2n) is 7.61. The van der Waals surface area contributed by atoms with Gasteiger partial charge in [0.1, 0.15) is 6.54 Å². The quantitative estimate of drug-likeness (QED) is 0.529. The van der Waals surface area contributed by atoms with Gasteiger partial charge in [-0.25, -0.2) is 4.79 Å². The normalized spacial score (nSPS) is 31.3. The smallest absolute Gasteiger partial charge is 0.348 e. The van der Waals surface area contributed by atoms with E-state index >= 15 is 0 Å². The molecule has 5 rings (SSSR count). The largest absolute Gasteiger partial charge is 1.00 e. The van der Waals surface area contributed by atoms with Crippen molar-refractivity contribution < 1.29 is 43.0 Å². The van der Waals surface area contributed by atoms with Crippen molar-refractivity contribution in [2.24, 2.45) is 5.92 Å². The summed E-state index contributed by atoms with van der Waals surface area (Å²) in [5.74, 6) is -0.813. The minimum atomic E-state index is -2.53. The number of quaternary nitrogens is 1. The monoisotopic (exact) mass is 436 g/mol. The van der Waals surface area contributed by atoms with Gasteiger partial charge < -0.3 is 31.3 Å². The summed E-state index contributed by atoms with van der Waals surface area (Å²) in [4.78, 5) is 13.5. The number of rotatable bonds is 4. The van der Waals surface area contributed by atoms with Gasteiger partial charge in [-0.1, -0.05) is 60.5 Å². The predicted octanol–water partition coefficient (Wildman–Crippen LogP) is -0.291. The van der Waals surface area contributed by atoms with E-state index in [1.54, 1.807) is 18.2 Å². The van der Waals surface area contributed by atoms with E-state index in [0.717, 1.165) is 30.4 Å². The van der Waals surface area contributed by atoms with Gasteiger partial charge in [0.2, 0.25) is 5.60 Å². The molecule has 3 saturated heterocycles. The molecule has 3 fully saturated rings. The SMILES string of the molecule is [2H]c1c([2H])c([2H])c(C(O)(C(=O)OC2C[N+]3(C)CCC2CC3)c2ccccc2)c([2H])c1[2H].[Br-]. The summed E-state index contributed by atoms with van der Waals surface area (Å²) in [6, 6.07) is 4.86. The molecular formula is C22H26BrNO3. The van der Waals surface area contributed by atoms with Crippen LogP contribution in [0.2, 0.25) is 0 Å². The van der Waals surface area contributed by atoms with Crippen LogP contribution in [0.15, 0.2) is 60.5 Å². The number of nitrogens with zero attached hydrogens (tertiary/aromatic N) is 1. The standard InChI is InChI=1S/C22H26NO3.BrH/c1-23-14-12-17(13-15-23)20(16-23)26-21(24)22(25,18-8-4-2-5-9-18)19-10-6-3-7-11-19;/h2-11,17,20,25H,12-16H2,1H3;1H/q+1;/p-1/i2D,4D,5D,8D,9D;. The Morgan fingerprint density at radius 3 is 2.37 bits per heavy atom. The van der Waals surface area contributed by atoms with Crippen LogP contribution in [0.25, 0.3) is 0 Å². The Kier molecular flexibility index (Phi) is 4.11. The number of hydrogen-bond acceptors (Lipinski definition) is 3. The molecule has 27 heavy (non-hydrogen) atoms. The average Bonchev–Trinajstić information content (AvgIpc) is 2.77. The molecule has 0 spiro atoms. The summed E-state index contributed by atoms with van der Waals surface area (Å²) in [6.45, 7) is 2.68. The summed E-state index contributed by atoms with van der Waals surface area (Å²) in [5.41, 5.74) is -2.92. The summed E-state index contributed by atoms with van der Waals surface area (Å²) >= 11 is 0. The van der Waals surface area contributed by atoms with E-state index in [2.05, 4.69) is 7.05 Å². The van der Waals surface area contributed by atoms with Gasteiger partial charge >= 0.3 is 5.97 Å². The maximum Gasteiger partial charge on any atom is 0.348 e. The summed E-state index contributed by atoms with van der Waals surface area (Å²) in [5, 5.41) is 11.7. The molecule has 2 aromatic rings. The first-order valence-corrected chi connectivity index (χ1v) is 8.98. The number of ether oxygens (including phenoxy) is 1. The number of halogens is 1. The van der Waals surface area contributed by atoms with Crippen molar-refractivity contribution in [3.63, 3.8) is 0 Å². The van der Waals surface area contributed by atoms with Crippen molar-refractivity contribution in [3.8, 4) is 0 Å². The van der Waals surface area contributed by atoms with Gasteiger partial charge in [0.25, 0.3) is 0 Å². The van der Waals surface area contributed by atoms with Gasteiger partial charge in [0.15, 0.2) is 6.10 Å². The van der Waals surface area contributed by atoms with Crippen LogP contribution in [0, 0.1) is 5.92 Å². The molecule has 2 unspecified atom stereocenters. The molecule has 2 atom stereocenters. The van der Waals surface area contributed by atoms with Crippen molar-refractivity contribution in [1.29, 1.82) is 0 Å². The van der Waals surface area contributed by atoms with Gasteiger partial charge in [-0.2, -0.15) is 0 Å². The number of aliphatic hydroxyl groups is 1. The molecule has 3 aliphatic rings. The van der Waals surface area contributed by atoms with Gasteiger partial charge in [0.05, 0.1) is 27.0 Å². The number of carbonyl (C=O) groups excluding carboxylic acids is 1. The van der Waals surface area contributed by atoms with Crippen LogP contribution in [0.4, 0.5) is 0 Å². The Labute approximate surface area is 178 Å². The van der Waals surface area contributed by atoms with Crippen LogP contribution >= 0.6 is 0 Å². The van der Waals surface area contributed by atoms with Gasteiger partial charge in [-0.05, 0) is 11.1 Å². The molecule has 5 heteroatoms.